The van der Waals surface area contributed by atoms with Gasteiger partial charge in [-0.2, -0.15) is 0 Å². The number of hydrogen-bond donors (Lipinski definition) is 3. The smallest absolute Gasteiger partial charge is 0.238 e. The lowest BCUT2D eigenvalue weighted by atomic mass is 9.74. The molecule has 0 radical (unpaired) electrons. The van der Waals surface area contributed by atoms with Crippen molar-refractivity contribution in [2.75, 3.05) is 31.3 Å². The molecule has 2 amide bonds. The van der Waals surface area contributed by atoms with E-state index in [4.69, 9.17) is 5.73 Å². The van der Waals surface area contributed by atoms with E-state index >= 15 is 0 Å². The van der Waals surface area contributed by atoms with E-state index in [1.54, 1.807) is 29.2 Å². The fraction of sp³-hybridized carbons (Fsp3) is 0.556. The van der Waals surface area contributed by atoms with E-state index < -0.39 is 5.54 Å². The maximum Gasteiger partial charge on any atom is 0.238 e. The van der Waals surface area contributed by atoms with Crippen LogP contribution in [0.25, 0.3) is 0 Å². The Morgan fingerprint density at radius 3 is 2.29 bits per heavy atom. The third kappa shape index (κ3) is 5.04. The van der Waals surface area contributed by atoms with Crippen LogP contribution in [0.3, 0.4) is 0 Å². The van der Waals surface area contributed by atoms with E-state index in [2.05, 4.69) is 10.6 Å². The first-order chi connectivity index (χ1) is 11.3. The molecule has 0 heterocycles. The van der Waals surface area contributed by atoms with Gasteiger partial charge in [0, 0.05) is 16.9 Å². The van der Waals surface area contributed by atoms with Gasteiger partial charge in [-0.1, -0.05) is 12.8 Å². The lowest BCUT2D eigenvalue weighted by Gasteiger charge is -2.37. The fourth-order valence-corrected chi connectivity index (χ4v) is 3.14. The number of likely N-dealkylation sites (N-methyl/N-ethyl adjacent to an activating group) is 1. The number of nitrogens with zero attached hydrogens (tertiary/aromatic N) is 1. The molecule has 1 aliphatic rings. The van der Waals surface area contributed by atoms with E-state index in [-0.39, 0.29) is 17.7 Å². The average Bonchev–Trinajstić information content (AvgIpc) is 2.47. The monoisotopic (exact) mass is 332 g/mol. The van der Waals surface area contributed by atoms with Crippen molar-refractivity contribution in [1.82, 2.24) is 4.90 Å². The first-order valence-electron chi connectivity index (χ1n) is 8.42. The highest BCUT2D eigenvalue weighted by Gasteiger charge is 2.37. The molecular weight excluding hydrogens is 304 g/mol. The van der Waals surface area contributed by atoms with Gasteiger partial charge in [0.1, 0.15) is 0 Å². The summed E-state index contributed by atoms with van der Waals surface area (Å²) in [4.78, 5) is 26.0. The van der Waals surface area contributed by atoms with Crippen LogP contribution in [0.5, 0.6) is 0 Å². The van der Waals surface area contributed by atoms with Crippen molar-refractivity contribution in [3.63, 3.8) is 0 Å². The first-order valence-corrected chi connectivity index (χ1v) is 8.42. The predicted molar refractivity (Wildman–Crippen MR) is 96.8 cm³/mol. The van der Waals surface area contributed by atoms with Crippen LogP contribution in [0.1, 0.15) is 32.6 Å². The van der Waals surface area contributed by atoms with E-state index in [0.29, 0.717) is 17.9 Å². The van der Waals surface area contributed by atoms with E-state index in [0.717, 1.165) is 25.7 Å². The molecule has 0 aliphatic heterocycles. The number of nitrogens with two attached hydrogens (primary N) is 1. The van der Waals surface area contributed by atoms with Crippen molar-refractivity contribution in [3.8, 4) is 0 Å². The number of anilines is 2. The number of nitrogens with one attached hydrogen (secondary N) is 2. The Kier molecular flexibility index (Phi) is 5.96. The minimum atomic E-state index is -0.442. The Morgan fingerprint density at radius 2 is 1.75 bits per heavy atom. The van der Waals surface area contributed by atoms with Crippen molar-refractivity contribution in [2.45, 2.75) is 38.1 Å². The highest BCUT2D eigenvalue weighted by atomic mass is 16.2. The van der Waals surface area contributed by atoms with Crippen LogP contribution in [-0.4, -0.2) is 42.9 Å². The molecule has 0 spiro atoms. The summed E-state index contributed by atoms with van der Waals surface area (Å²) >= 11 is 0. The summed E-state index contributed by atoms with van der Waals surface area (Å²) < 4.78 is 0. The average molecular weight is 332 g/mol. The van der Waals surface area contributed by atoms with Gasteiger partial charge in [-0.05, 0) is 58.1 Å². The molecule has 4 N–H and O–H groups in total. The van der Waals surface area contributed by atoms with Gasteiger partial charge in [-0.25, -0.2) is 0 Å². The van der Waals surface area contributed by atoms with E-state index in [1.165, 1.54) is 0 Å². The predicted octanol–water partition coefficient (Wildman–Crippen LogP) is 2.03. The maximum absolute atomic E-state index is 12.5. The maximum atomic E-state index is 12.5. The number of carbonyl (C=O) groups is 2. The normalized spacial score (nSPS) is 23.8. The molecule has 6 heteroatoms. The van der Waals surface area contributed by atoms with Crippen molar-refractivity contribution < 1.29 is 9.59 Å². The molecule has 1 aliphatic carbocycles. The summed E-state index contributed by atoms with van der Waals surface area (Å²) in [6, 6.07) is 7.15. The second kappa shape index (κ2) is 7.77. The van der Waals surface area contributed by atoms with Crippen LogP contribution in [0.4, 0.5) is 11.4 Å². The van der Waals surface area contributed by atoms with Crippen LogP contribution in [-0.2, 0) is 9.59 Å². The highest BCUT2D eigenvalue weighted by molar-refractivity contribution is 5.95. The molecule has 1 fully saturated rings. The molecular formula is C18H28N4O2. The molecule has 132 valence electrons. The first kappa shape index (κ1) is 18.4. The molecule has 6 nitrogen and oxygen atoms in total. The minimum absolute atomic E-state index is 0.0240. The largest absolute Gasteiger partial charge is 0.326 e. The summed E-state index contributed by atoms with van der Waals surface area (Å²) in [6.07, 6.45) is 3.83. The molecule has 0 aromatic heterocycles. The van der Waals surface area contributed by atoms with Crippen molar-refractivity contribution in [3.05, 3.63) is 24.3 Å². The molecule has 0 bridgehead atoms. The van der Waals surface area contributed by atoms with Gasteiger partial charge in [0.05, 0.1) is 12.5 Å². The lowest BCUT2D eigenvalue weighted by Crippen LogP contribution is -2.51. The van der Waals surface area contributed by atoms with Crippen LogP contribution in [0.2, 0.25) is 0 Å². The zero-order valence-corrected chi connectivity index (χ0v) is 14.8. The Labute approximate surface area is 143 Å². The Hall–Kier alpha value is -1.92. The molecule has 2 unspecified atom stereocenters. The van der Waals surface area contributed by atoms with Crippen LogP contribution in [0.15, 0.2) is 24.3 Å². The zero-order chi connectivity index (χ0) is 17.7. The molecule has 0 saturated heterocycles. The van der Waals surface area contributed by atoms with Gasteiger partial charge in [-0.15, -0.1) is 0 Å². The number of hydrogen-bond acceptors (Lipinski definition) is 4. The quantitative estimate of drug-likeness (QED) is 0.770. The van der Waals surface area contributed by atoms with Crippen molar-refractivity contribution in [1.29, 1.82) is 0 Å². The summed E-state index contributed by atoms with van der Waals surface area (Å²) in [5.74, 6) is -0.257. The fourth-order valence-electron chi connectivity index (χ4n) is 3.14. The van der Waals surface area contributed by atoms with E-state index in [1.807, 2.05) is 21.0 Å². The number of rotatable bonds is 5. The summed E-state index contributed by atoms with van der Waals surface area (Å²) in [5.41, 5.74) is 7.27. The summed E-state index contributed by atoms with van der Waals surface area (Å²) in [6.45, 7) is 2.29. The van der Waals surface area contributed by atoms with Gasteiger partial charge in [0.15, 0.2) is 0 Å². The van der Waals surface area contributed by atoms with Gasteiger partial charge < -0.3 is 21.3 Å². The van der Waals surface area contributed by atoms with Gasteiger partial charge in [0.25, 0.3) is 0 Å². The highest BCUT2D eigenvalue weighted by Crippen LogP contribution is 2.32. The van der Waals surface area contributed by atoms with Gasteiger partial charge in [0.2, 0.25) is 11.8 Å². The minimum Gasteiger partial charge on any atom is -0.326 e. The van der Waals surface area contributed by atoms with E-state index in [9.17, 15) is 9.59 Å². The van der Waals surface area contributed by atoms with Crippen molar-refractivity contribution in [2.24, 2.45) is 11.7 Å². The SMILES string of the molecule is CN(C)CC(=O)Nc1ccc(NC(=O)C2CCCCC2(C)N)cc1. The second-order valence-electron chi connectivity index (χ2n) is 7.16. The molecule has 1 aromatic rings. The summed E-state index contributed by atoms with van der Waals surface area (Å²) in [7, 11) is 3.68. The van der Waals surface area contributed by atoms with Gasteiger partial charge >= 0.3 is 0 Å². The molecule has 2 rings (SSSR count). The third-order valence-electron chi connectivity index (χ3n) is 4.47. The number of carbonyl (C=O) groups excluding carboxylic acids is 2. The molecule has 1 aromatic carbocycles. The van der Waals surface area contributed by atoms with Crippen LogP contribution >= 0.6 is 0 Å². The number of benzene rings is 1. The molecule has 24 heavy (non-hydrogen) atoms. The Morgan fingerprint density at radius 1 is 1.17 bits per heavy atom. The summed E-state index contributed by atoms with van der Waals surface area (Å²) in [5, 5.41) is 5.76. The second-order valence-corrected chi connectivity index (χ2v) is 7.16. The molecule has 1 saturated carbocycles. The number of amides is 2. The Bertz CT molecular complexity index is 581. The standard InChI is InChI=1S/C18H28N4O2/c1-18(19)11-5-4-6-15(18)17(24)21-14-9-7-13(8-10-14)20-16(23)12-22(2)3/h7-10,15H,4-6,11-12,19H2,1-3H3,(H,20,23)(H,21,24). The van der Waals surface area contributed by atoms with Crippen LogP contribution < -0.4 is 16.4 Å². The van der Waals surface area contributed by atoms with Crippen LogP contribution in [0, 0.1) is 5.92 Å². The van der Waals surface area contributed by atoms with Gasteiger partial charge in [-0.3, -0.25) is 9.59 Å². The Balaban J connectivity index is 1.93. The zero-order valence-electron chi connectivity index (χ0n) is 14.8. The molecule has 2 atom stereocenters. The van der Waals surface area contributed by atoms with Crippen molar-refractivity contribution >= 4 is 23.2 Å². The lowest BCUT2D eigenvalue weighted by molar-refractivity contribution is -0.122. The third-order valence-corrected chi connectivity index (χ3v) is 4.47. The topological polar surface area (TPSA) is 87.5 Å².